The van der Waals surface area contributed by atoms with Gasteiger partial charge in [-0.1, -0.05) is 0 Å². The van der Waals surface area contributed by atoms with Crippen LogP contribution in [0.1, 0.15) is 34.6 Å². The lowest BCUT2D eigenvalue weighted by molar-refractivity contribution is 0.0921. The van der Waals surface area contributed by atoms with Crippen molar-refractivity contribution in [1.29, 1.82) is 0 Å². The molecule has 0 atom stereocenters. The first-order valence-electron chi connectivity index (χ1n) is 8.12. The summed E-state index contributed by atoms with van der Waals surface area (Å²) < 4.78 is 2.63. The summed E-state index contributed by atoms with van der Waals surface area (Å²) in [5.74, 6) is 0.986. The highest BCUT2D eigenvalue weighted by Gasteiger charge is 2.23. The zero-order chi connectivity index (χ0) is 17.3. The van der Waals surface area contributed by atoms with Gasteiger partial charge in [0.15, 0.2) is 0 Å². The van der Waals surface area contributed by atoms with Gasteiger partial charge in [-0.25, -0.2) is 4.98 Å². The molecule has 1 aliphatic heterocycles. The molecule has 128 valence electrons. The number of halogens is 1. The Kier molecular flexibility index (Phi) is 4.89. The zero-order valence-electron chi connectivity index (χ0n) is 14.2. The summed E-state index contributed by atoms with van der Waals surface area (Å²) in [6.07, 6.45) is 3.67. The first-order valence-corrected chi connectivity index (χ1v) is 8.92. The molecule has 0 aromatic carbocycles. The van der Waals surface area contributed by atoms with Crippen LogP contribution in [0.4, 0.5) is 5.82 Å². The second-order valence-electron chi connectivity index (χ2n) is 6.32. The van der Waals surface area contributed by atoms with Gasteiger partial charge >= 0.3 is 0 Å². The molecule has 0 radical (unpaired) electrons. The van der Waals surface area contributed by atoms with Crippen LogP contribution in [0.25, 0.3) is 0 Å². The van der Waals surface area contributed by atoms with Gasteiger partial charge in [-0.2, -0.15) is 5.10 Å². The van der Waals surface area contributed by atoms with Crippen LogP contribution in [0.15, 0.2) is 22.8 Å². The van der Waals surface area contributed by atoms with E-state index < -0.39 is 0 Å². The van der Waals surface area contributed by atoms with E-state index in [0.29, 0.717) is 5.69 Å². The van der Waals surface area contributed by atoms with Gasteiger partial charge in [0.1, 0.15) is 11.5 Å². The lowest BCUT2D eigenvalue weighted by Crippen LogP contribution is -2.45. The van der Waals surface area contributed by atoms with Gasteiger partial charge in [0.25, 0.3) is 5.91 Å². The molecule has 0 unspecified atom stereocenters. The van der Waals surface area contributed by atoms with Crippen molar-refractivity contribution in [1.82, 2.24) is 20.1 Å². The van der Waals surface area contributed by atoms with Gasteiger partial charge in [-0.05, 0) is 60.3 Å². The molecule has 0 aliphatic carbocycles. The summed E-state index contributed by atoms with van der Waals surface area (Å²) in [6, 6.07) is 4.10. The quantitative estimate of drug-likeness (QED) is 0.872. The molecule has 1 aliphatic rings. The van der Waals surface area contributed by atoms with Gasteiger partial charge in [0, 0.05) is 36.8 Å². The number of anilines is 1. The summed E-state index contributed by atoms with van der Waals surface area (Å²) in [4.78, 5) is 19.2. The second-order valence-corrected chi connectivity index (χ2v) is 7.24. The normalized spacial score (nSPS) is 15.6. The Balaban J connectivity index is 1.59. The smallest absolute Gasteiger partial charge is 0.269 e. The first kappa shape index (κ1) is 17.0. The van der Waals surface area contributed by atoms with Crippen LogP contribution in [0.5, 0.6) is 0 Å². The summed E-state index contributed by atoms with van der Waals surface area (Å²) in [7, 11) is 1.80. The number of aryl methyl sites for hydroxylation is 3. The maximum absolute atomic E-state index is 12.4. The molecule has 3 heterocycles. The third kappa shape index (κ3) is 3.61. The van der Waals surface area contributed by atoms with Crippen molar-refractivity contribution >= 4 is 27.7 Å². The van der Waals surface area contributed by atoms with Gasteiger partial charge < -0.3 is 10.2 Å². The van der Waals surface area contributed by atoms with Crippen molar-refractivity contribution < 1.29 is 4.79 Å². The minimum atomic E-state index is -0.0468. The highest BCUT2D eigenvalue weighted by molar-refractivity contribution is 9.10. The number of aromatic nitrogens is 3. The van der Waals surface area contributed by atoms with Crippen molar-refractivity contribution in [3.63, 3.8) is 0 Å². The maximum atomic E-state index is 12.4. The van der Waals surface area contributed by atoms with Crippen molar-refractivity contribution in [2.24, 2.45) is 7.05 Å². The number of pyridine rings is 1. The Hall–Kier alpha value is -1.89. The summed E-state index contributed by atoms with van der Waals surface area (Å²) in [5.41, 5.74) is 2.63. The molecule has 1 amide bonds. The van der Waals surface area contributed by atoms with Gasteiger partial charge in [-0.15, -0.1) is 0 Å². The minimum Gasteiger partial charge on any atom is -0.356 e. The van der Waals surface area contributed by atoms with E-state index in [1.54, 1.807) is 11.7 Å². The molecular formula is C17H22BrN5O. The SMILES string of the molecule is Cc1cc(C(=O)NC2CCN(c3ncc(Br)cc3C)CC2)n(C)n1. The van der Waals surface area contributed by atoms with Crippen LogP contribution in [0.3, 0.4) is 0 Å². The molecule has 0 spiro atoms. The topological polar surface area (TPSA) is 63.1 Å². The Morgan fingerprint density at radius 2 is 2.00 bits per heavy atom. The summed E-state index contributed by atoms with van der Waals surface area (Å²) in [6.45, 7) is 5.75. The van der Waals surface area contributed by atoms with Gasteiger partial charge in [0.2, 0.25) is 0 Å². The van der Waals surface area contributed by atoms with E-state index in [1.807, 2.05) is 19.2 Å². The number of piperidine rings is 1. The molecule has 1 saturated heterocycles. The van der Waals surface area contributed by atoms with E-state index in [1.165, 1.54) is 0 Å². The van der Waals surface area contributed by atoms with Crippen LogP contribution in [0, 0.1) is 13.8 Å². The first-order chi connectivity index (χ1) is 11.4. The monoisotopic (exact) mass is 391 g/mol. The third-order valence-electron chi connectivity index (χ3n) is 4.38. The van der Waals surface area contributed by atoms with Crippen molar-refractivity contribution in [2.75, 3.05) is 18.0 Å². The Morgan fingerprint density at radius 3 is 2.58 bits per heavy atom. The largest absolute Gasteiger partial charge is 0.356 e. The fraction of sp³-hybridized carbons (Fsp3) is 0.471. The molecule has 1 fully saturated rings. The van der Waals surface area contributed by atoms with Crippen molar-refractivity contribution in [3.05, 3.63) is 39.8 Å². The summed E-state index contributed by atoms with van der Waals surface area (Å²) in [5, 5.41) is 7.36. The van der Waals surface area contributed by atoms with E-state index in [9.17, 15) is 4.79 Å². The molecule has 1 N–H and O–H groups in total. The van der Waals surface area contributed by atoms with Crippen LogP contribution in [-0.2, 0) is 7.05 Å². The van der Waals surface area contributed by atoms with E-state index in [0.717, 1.165) is 47.5 Å². The number of rotatable bonds is 3. The molecule has 0 saturated carbocycles. The van der Waals surface area contributed by atoms with Crippen molar-refractivity contribution in [2.45, 2.75) is 32.7 Å². The molecule has 2 aromatic heterocycles. The molecule has 6 nitrogen and oxygen atoms in total. The van der Waals surface area contributed by atoms with Gasteiger partial charge in [0.05, 0.1) is 5.69 Å². The molecular weight excluding hydrogens is 370 g/mol. The van der Waals surface area contributed by atoms with Gasteiger partial charge in [-0.3, -0.25) is 9.48 Å². The third-order valence-corrected chi connectivity index (χ3v) is 4.82. The standard InChI is InChI=1S/C17H22BrN5O/c1-11-8-13(18)10-19-16(11)23-6-4-14(5-7-23)20-17(24)15-9-12(2)21-22(15)3/h8-10,14H,4-7H2,1-3H3,(H,20,24). The number of amides is 1. The number of hydrogen-bond acceptors (Lipinski definition) is 4. The van der Waals surface area contributed by atoms with E-state index in [2.05, 4.69) is 49.2 Å². The summed E-state index contributed by atoms with van der Waals surface area (Å²) >= 11 is 3.45. The van der Waals surface area contributed by atoms with Crippen molar-refractivity contribution in [3.8, 4) is 0 Å². The van der Waals surface area contributed by atoms with Crippen LogP contribution in [-0.4, -0.2) is 39.8 Å². The Morgan fingerprint density at radius 1 is 1.29 bits per heavy atom. The maximum Gasteiger partial charge on any atom is 0.269 e. The highest BCUT2D eigenvalue weighted by Crippen LogP contribution is 2.24. The van der Waals surface area contributed by atoms with E-state index >= 15 is 0 Å². The number of nitrogens with one attached hydrogen (secondary N) is 1. The fourth-order valence-corrected chi connectivity index (χ4v) is 3.63. The molecule has 3 rings (SSSR count). The molecule has 24 heavy (non-hydrogen) atoms. The molecule has 0 bridgehead atoms. The number of carbonyl (C=O) groups excluding carboxylic acids is 1. The van der Waals surface area contributed by atoms with Crippen LogP contribution < -0.4 is 10.2 Å². The Bertz CT molecular complexity index is 749. The van der Waals surface area contributed by atoms with E-state index in [4.69, 9.17) is 0 Å². The number of hydrogen-bond donors (Lipinski definition) is 1. The number of nitrogens with zero attached hydrogens (tertiary/aromatic N) is 4. The average molecular weight is 392 g/mol. The highest BCUT2D eigenvalue weighted by atomic mass is 79.9. The fourth-order valence-electron chi connectivity index (χ4n) is 3.18. The zero-order valence-corrected chi connectivity index (χ0v) is 15.8. The van der Waals surface area contributed by atoms with E-state index in [-0.39, 0.29) is 11.9 Å². The van der Waals surface area contributed by atoms with Crippen LogP contribution >= 0.6 is 15.9 Å². The Labute approximate surface area is 150 Å². The molecule has 7 heteroatoms. The average Bonchev–Trinajstić information content (AvgIpc) is 2.87. The molecule has 2 aromatic rings. The predicted octanol–water partition coefficient (Wildman–Crippen LogP) is 2.59. The lowest BCUT2D eigenvalue weighted by Gasteiger charge is -2.34. The number of carbonyl (C=O) groups is 1. The predicted molar refractivity (Wildman–Crippen MR) is 97.3 cm³/mol. The minimum absolute atomic E-state index is 0.0468. The second kappa shape index (κ2) is 6.93. The lowest BCUT2D eigenvalue weighted by atomic mass is 10.0. The van der Waals surface area contributed by atoms with Crippen LogP contribution in [0.2, 0.25) is 0 Å².